The fourth-order valence-corrected chi connectivity index (χ4v) is 3.38. The zero-order chi connectivity index (χ0) is 19.2. The van der Waals surface area contributed by atoms with Crippen LogP contribution in [0.25, 0.3) is 0 Å². The molecule has 0 saturated carbocycles. The molecule has 1 amide bonds. The molecule has 7 nitrogen and oxygen atoms in total. The van der Waals surface area contributed by atoms with E-state index in [9.17, 15) is 4.79 Å². The van der Waals surface area contributed by atoms with Crippen molar-refractivity contribution in [2.75, 3.05) is 26.7 Å². The molecule has 0 bridgehead atoms. The molecule has 2 N–H and O–H groups in total. The summed E-state index contributed by atoms with van der Waals surface area (Å²) in [7, 11) is 1.76. The fourth-order valence-electron chi connectivity index (χ4n) is 2.56. The minimum Gasteiger partial charge on any atom is -0.444 e. The van der Waals surface area contributed by atoms with Gasteiger partial charge in [-0.25, -0.2) is 9.78 Å². The second-order valence-electron chi connectivity index (χ2n) is 7.57. The highest BCUT2D eigenvalue weighted by molar-refractivity contribution is 14.0. The van der Waals surface area contributed by atoms with Gasteiger partial charge in [-0.15, -0.1) is 35.3 Å². The van der Waals surface area contributed by atoms with E-state index in [4.69, 9.17) is 4.74 Å². The molecule has 0 aliphatic carbocycles. The Kier molecular flexibility index (Phi) is 9.78. The molecule has 0 unspecified atom stereocenters. The molecule has 1 saturated heterocycles. The molecule has 1 aliphatic rings. The van der Waals surface area contributed by atoms with Gasteiger partial charge in [0.05, 0.1) is 11.0 Å². The third kappa shape index (κ3) is 8.63. The van der Waals surface area contributed by atoms with Crippen molar-refractivity contribution in [3.05, 3.63) is 16.1 Å². The number of aromatic nitrogens is 1. The topological polar surface area (TPSA) is 78.9 Å². The maximum absolute atomic E-state index is 11.9. The number of rotatable bonds is 6. The van der Waals surface area contributed by atoms with Crippen molar-refractivity contribution in [3.8, 4) is 0 Å². The van der Waals surface area contributed by atoms with Crippen LogP contribution in [-0.2, 0) is 11.2 Å². The van der Waals surface area contributed by atoms with E-state index in [0.29, 0.717) is 13.1 Å². The zero-order valence-electron chi connectivity index (χ0n) is 16.9. The Labute approximate surface area is 183 Å². The summed E-state index contributed by atoms with van der Waals surface area (Å²) in [5.41, 5.74) is 0.651. The molecule has 0 aromatic carbocycles. The van der Waals surface area contributed by atoms with Gasteiger partial charge in [0, 0.05) is 37.8 Å². The number of guanidine groups is 1. The number of aliphatic imine (C=N–C) groups is 1. The van der Waals surface area contributed by atoms with Gasteiger partial charge in [-0.05, 0) is 47.0 Å². The first-order chi connectivity index (χ1) is 12.3. The highest BCUT2D eigenvalue weighted by Gasteiger charge is 2.34. The average Bonchev–Trinajstić information content (AvgIpc) is 2.91. The van der Waals surface area contributed by atoms with Crippen LogP contribution in [0.3, 0.4) is 0 Å². The standard InChI is InChI=1S/C18H31N5O2S.HI/c1-13-12-26-15(21-13)8-6-7-9-20-16(19-5)22-14-10-23(11-14)17(24)25-18(2,3)4;/h12,14H,6-11H2,1-5H3,(H2,19,20,22);1H. The quantitative estimate of drug-likeness (QED) is 0.267. The highest BCUT2D eigenvalue weighted by atomic mass is 127. The second kappa shape index (κ2) is 11.0. The summed E-state index contributed by atoms with van der Waals surface area (Å²) < 4.78 is 5.36. The zero-order valence-corrected chi connectivity index (χ0v) is 20.0. The average molecular weight is 509 g/mol. The number of nitrogens with zero attached hydrogens (tertiary/aromatic N) is 3. The molecule has 1 aromatic rings. The van der Waals surface area contributed by atoms with Gasteiger partial charge in [-0.2, -0.15) is 0 Å². The normalized spacial score (nSPS) is 15.0. The molecule has 0 spiro atoms. The molecular weight excluding hydrogens is 477 g/mol. The van der Waals surface area contributed by atoms with E-state index in [0.717, 1.165) is 37.5 Å². The van der Waals surface area contributed by atoms with Crippen LogP contribution in [0.4, 0.5) is 4.79 Å². The number of unbranched alkanes of at least 4 members (excludes halogenated alkanes) is 1. The smallest absolute Gasteiger partial charge is 0.410 e. The first-order valence-corrected chi connectivity index (χ1v) is 10.0. The van der Waals surface area contributed by atoms with E-state index in [1.807, 2.05) is 27.7 Å². The molecule has 2 rings (SSSR count). The maximum atomic E-state index is 11.9. The summed E-state index contributed by atoms with van der Waals surface area (Å²) in [5.74, 6) is 0.781. The molecule has 2 heterocycles. The number of carbonyl (C=O) groups is 1. The van der Waals surface area contributed by atoms with Crippen molar-refractivity contribution in [3.63, 3.8) is 0 Å². The van der Waals surface area contributed by atoms with Crippen LogP contribution in [0.1, 0.15) is 44.3 Å². The number of likely N-dealkylation sites (tertiary alicyclic amines) is 1. The summed E-state index contributed by atoms with van der Waals surface area (Å²) >= 11 is 1.73. The number of hydrogen-bond acceptors (Lipinski definition) is 5. The lowest BCUT2D eigenvalue weighted by atomic mass is 10.1. The van der Waals surface area contributed by atoms with Gasteiger partial charge in [0.25, 0.3) is 0 Å². The van der Waals surface area contributed by atoms with Gasteiger partial charge in [0.15, 0.2) is 5.96 Å². The summed E-state index contributed by atoms with van der Waals surface area (Å²) in [6, 6.07) is 0.215. The summed E-state index contributed by atoms with van der Waals surface area (Å²) in [4.78, 5) is 22.4. The Morgan fingerprint density at radius 2 is 2.11 bits per heavy atom. The lowest BCUT2D eigenvalue weighted by Crippen LogP contribution is -2.63. The van der Waals surface area contributed by atoms with Gasteiger partial charge in [0.2, 0.25) is 0 Å². The minimum atomic E-state index is -0.454. The Bertz CT molecular complexity index is 624. The Hall–Kier alpha value is -1.10. The molecule has 9 heteroatoms. The molecule has 0 atom stereocenters. The van der Waals surface area contributed by atoms with Crippen molar-refractivity contribution in [2.45, 2.75) is 58.6 Å². The SMILES string of the molecule is CN=C(NCCCCc1nc(C)cs1)NC1CN(C(=O)OC(C)(C)C)C1.I. The largest absolute Gasteiger partial charge is 0.444 e. The van der Waals surface area contributed by atoms with Gasteiger partial charge in [-0.3, -0.25) is 4.99 Å². The maximum Gasteiger partial charge on any atom is 0.410 e. The molecule has 0 radical (unpaired) electrons. The number of thiazole rings is 1. The van der Waals surface area contributed by atoms with E-state index >= 15 is 0 Å². The van der Waals surface area contributed by atoms with Crippen molar-refractivity contribution < 1.29 is 9.53 Å². The van der Waals surface area contributed by atoms with E-state index in [1.165, 1.54) is 5.01 Å². The minimum absolute atomic E-state index is 0. The van der Waals surface area contributed by atoms with Crippen molar-refractivity contribution in [1.29, 1.82) is 0 Å². The van der Waals surface area contributed by atoms with Gasteiger partial charge >= 0.3 is 6.09 Å². The third-order valence-electron chi connectivity index (χ3n) is 3.87. The Balaban J connectivity index is 0.00000364. The van der Waals surface area contributed by atoms with Crippen LogP contribution in [0.2, 0.25) is 0 Å². The van der Waals surface area contributed by atoms with Crippen molar-refractivity contribution >= 4 is 47.4 Å². The van der Waals surface area contributed by atoms with E-state index in [-0.39, 0.29) is 36.1 Å². The lowest BCUT2D eigenvalue weighted by molar-refractivity contribution is 0.00701. The third-order valence-corrected chi connectivity index (χ3v) is 4.90. The predicted molar refractivity (Wildman–Crippen MR) is 121 cm³/mol. The highest BCUT2D eigenvalue weighted by Crippen LogP contribution is 2.15. The summed E-state index contributed by atoms with van der Waals surface area (Å²) in [6.07, 6.45) is 2.94. The van der Waals surface area contributed by atoms with Gasteiger partial charge in [-0.1, -0.05) is 0 Å². The number of amides is 1. The molecule has 27 heavy (non-hydrogen) atoms. The number of halogens is 1. The van der Waals surface area contributed by atoms with Crippen molar-refractivity contribution in [2.24, 2.45) is 4.99 Å². The van der Waals surface area contributed by atoms with E-state index < -0.39 is 5.60 Å². The first kappa shape index (κ1) is 23.9. The number of nitrogens with one attached hydrogen (secondary N) is 2. The summed E-state index contributed by atoms with van der Waals surface area (Å²) in [5, 5.41) is 9.98. The van der Waals surface area contributed by atoms with Crippen molar-refractivity contribution in [1.82, 2.24) is 20.5 Å². The van der Waals surface area contributed by atoms with E-state index in [2.05, 4.69) is 26.0 Å². The van der Waals surface area contributed by atoms with E-state index in [1.54, 1.807) is 23.3 Å². The summed E-state index contributed by atoms with van der Waals surface area (Å²) in [6.45, 7) is 9.80. The predicted octanol–water partition coefficient (Wildman–Crippen LogP) is 3.18. The van der Waals surface area contributed by atoms with Crippen LogP contribution >= 0.6 is 35.3 Å². The monoisotopic (exact) mass is 509 g/mol. The first-order valence-electron chi connectivity index (χ1n) is 9.13. The van der Waals surface area contributed by atoms with Crippen LogP contribution in [0.5, 0.6) is 0 Å². The molecule has 154 valence electrons. The van der Waals surface area contributed by atoms with Crippen LogP contribution in [0.15, 0.2) is 10.4 Å². The molecule has 1 aliphatic heterocycles. The molecule has 1 aromatic heterocycles. The lowest BCUT2D eigenvalue weighted by Gasteiger charge is -2.40. The number of hydrogen-bond donors (Lipinski definition) is 2. The fraction of sp³-hybridized carbons (Fsp3) is 0.722. The van der Waals surface area contributed by atoms with Gasteiger partial charge < -0.3 is 20.3 Å². The molecule has 1 fully saturated rings. The number of ether oxygens (including phenoxy) is 1. The van der Waals surface area contributed by atoms with Crippen LogP contribution in [0, 0.1) is 6.92 Å². The van der Waals surface area contributed by atoms with Gasteiger partial charge in [0.1, 0.15) is 5.60 Å². The second-order valence-corrected chi connectivity index (χ2v) is 8.51. The number of aryl methyl sites for hydroxylation is 2. The van der Waals surface area contributed by atoms with Crippen LogP contribution in [-0.4, -0.2) is 60.3 Å². The molecular formula is C18H32IN5O2S. The Morgan fingerprint density at radius 3 is 2.67 bits per heavy atom. The number of carbonyl (C=O) groups excluding carboxylic acids is 1. The van der Waals surface area contributed by atoms with Crippen LogP contribution < -0.4 is 10.6 Å². The Morgan fingerprint density at radius 1 is 1.41 bits per heavy atom.